The van der Waals surface area contributed by atoms with Gasteiger partial charge in [-0.3, -0.25) is 9.59 Å². The molecule has 2 aromatic carbocycles. The van der Waals surface area contributed by atoms with Crippen molar-refractivity contribution in [3.05, 3.63) is 64.7 Å². The number of carbonyl (C=O) groups excluding carboxylic acids is 2. The molecule has 0 aliphatic carbocycles. The summed E-state index contributed by atoms with van der Waals surface area (Å²) in [6.07, 6.45) is 0.155. The maximum atomic E-state index is 12.4. The Labute approximate surface area is 166 Å². The van der Waals surface area contributed by atoms with Crippen LogP contribution in [0.4, 0.5) is 0 Å². The summed E-state index contributed by atoms with van der Waals surface area (Å²) < 4.78 is 25.9. The summed E-state index contributed by atoms with van der Waals surface area (Å²) >= 11 is 0. The zero-order valence-electron chi connectivity index (χ0n) is 16.7. The molecule has 0 aliphatic heterocycles. The van der Waals surface area contributed by atoms with E-state index < -0.39 is 10.0 Å². The topological polar surface area (TPSA) is 83.5 Å². The fourth-order valence-electron chi connectivity index (χ4n) is 2.78. The summed E-state index contributed by atoms with van der Waals surface area (Å²) in [5.74, 6) is -0.373. The molecule has 1 N–H and O–H groups in total. The first kappa shape index (κ1) is 21.8. The lowest BCUT2D eigenvalue weighted by atomic mass is 9.99. The number of hydrogen-bond donors (Lipinski definition) is 1. The van der Waals surface area contributed by atoms with Crippen LogP contribution in [0.15, 0.2) is 47.4 Å². The molecule has 1 amide bonds. The molecule has 0 spiro atoms. The van der Waals surface area contributed by atoms with Gasteiger partial charge in [0.15, 0.2) is 5.78 Å². The van der Waals surface area contributed by atoms with Crippen LogP contribution in [-0.4, -0.2) is 38.5 Å². The Kier molecular flexibility index (Phi) is 7.10. The van der Waals surface area contributed by atoms with E-state index in [1.807, 2.05) is 32.0 Å². The Balaban J connectivity index is 1.99. The Hall–Kier alpha value is -2.51. The molecule has 0 saturated carbocycles. The molecule has 0 unspecified atom stereocenters. The van der Waals surface area contributed by atoms with Gasteiger partial charge in [-0.2, -0.15) is 0 Å². The Morgan fingerprint density at radius 2 is 1.68 bits per heavy atom. The molecule has 0 bridgehead atoms. The predicted octanol–water partition coefficient (Wildman–Crippen LogP) is 2.83. The van der Waals surface area contributed by atoms with E-state index in [4.69, 9.17) is 0 Å². The third-order valence-corrected chi connectivity index (χ3v) is 6.40. The van der Waals surface area contributed by atoms with Crippen molar-refractivity contribution >= 4 is 21.7 Å². The number of hydrogen-bond acceptors (Lipinski definition) is 4. The quantitative estimate of drug-likeness (QED) is 0.688. The van der Waals surface area contributed by atoms with Crippen LogP contribution in [0.2, 0.25) is 0 Å². The van der Waals surface area contributed by atoms with Gasteiger partial charge in [0.1, 0.15) is 0 Å². The summed E-state index contributed by atoms with van der Waals surface area (Å²) in [5.41, 5.74) is 3.02. The highest BCUT2D eigenvalue weighted by Gasteiger charge is 2.21. The number of sulfonamides is 1. The van der Waals surface area contributed by atoms with Gasteiger partial charge in [0.25, 0.3) is 0 Å². The minimum Gasteiger partial charge on any atom is -0.352 e. The van der Waals surface area contributed by atoms with Crippen molar-refractivity contribution in [3.8, 4) is 0 Å². The molecule has 2 aromatic rings. The smallest absolute Gasteiger partial charge is 0.242 e. The average Bonchev–Trinajstić information content (AvgIpc) is 2.66. The van der Waals surface area contributed by atoms with Crippen molar-refractivity contribution in [2.75, 3.05) is 14.1 Å². The fraction of sp³-hybridized carbons (Fsp3) is 0.333. The van der Waals surface area contributed by atoms with Crippen LogP contribution in [0.3, 0.4) is 0 Å². The number of amides is 1. The largest absolute Gasteiger partial charge is 0.352 e. The van der Waals surface area contributed by atoms with Crippen molar-refractivity contribution in [1.82, 2.24) is 9.62 Å². The van der Waals surface area contributed by atoms with Crippen molar-refractivity contribution in [2.24, 2.45) is 0 Å². The van der Waals surface area contributed by atoms with Gasteiger partial charge < -0.3 is 5.32 Å². The molecule has 2 rings (SSSR count). The van der Waals surface area contributed by atoms with E-state index in [0.29, 0.717) is 11.1 Å². The van der Waals surface area contributed by atoms with Crippen LogP contribution in [0.25, 0.3) is 0 Å². The van der Waals surface area contributed by atoms with Gasteiger partial charge in [-0.15, -0.1) is 0 Å². The number of rotatable bonds is 8. The molecule has 7 heteroatoms. The second-order valence-corrected chi connectivity index (χ2v) is 9.03. The Morgan fingerprint density at radius 1 is 1.00 bits per heavy atom. The maximum Gasteiger partial charge on any atom is 0.242 e. The summed E-state index contributed by atoms with van der Waals surface area (Å²) in [6, 6.07) is 12.2. The number of carbonyl (C=O) groups is 2. The number of ketones is 1. The molecule has 0 aromatic heterocycles. The number of nitrogens with one attached hydrogen (secondary N) is 1. The van der Waals surface area contributed by atoms with E-state index in [2.05, 4.69) is 5.32 Å². The predicted molar refractivity (Wildman–Crippen MR) is 109 cm³/mol. The van der Waals surface area contributed by atoms with Crippen LogP contribution in [0.1, 0.15) is 39.9 Å². The fourth-order valence-corrected chi connectivity index (χ4v) is 3.89. The molecule has 6 nitrogen and oxygen atoms in total. The molecule has 0 aliphatic rings. The molecular formula is C21H26N2O4S. The second kappa shape index (κ2) is 9.12. The van der Waals surface area contributed by atoms with Crippen LogP contribution >= 0.6 is 0 Å². The van der Waals surface area contributed by atoms with Crippen LogP contribution in [-0.2, 0) is 21.4 Å². The molecule has 0 heterocycles. The summed E-state index contributed by atoms with van der Waals surface area (Å²) in [5, 5.41) is 2.71. The molecule has 0 saturated heterocycles. The van der Waals surface area contributed by atoms with E-state index in [1.165, 1.54) is 20.2 Å². The van der Waals surface area contributed by atoms with Gasteiger partial charge in [-0.25, -0.2) is 12.7 Å². The lowest BCUT2D eigenvalue weighted by molar-refractivity contribution is -0.121. The molecule has 28 heavy (non-hydrogen) atoms. The third kappa shape index (κ3) is 5.27. The van der Waals surface area contributed by atoms with E-state index in [1.54, 1.807) is 18.2 Å². The lowest BCUT2D eigenvalue weighted by Crippen LogP contribution is -2.27. The van der Waals surface area contributed by atoms with Crippen molar-refractivity contribution < 1.29 is 18.0 Å². The number of Topliss-reactive ketones (excluding diaryl/α,β-unsaturated/α-hetero) is 1. The first-order valence-electron chi connectivity index (χ1n) is 9.00. The van der Waals surface area contributed by atoms with Crippen LogP contribution in [0, 0.1) is 13.8 Å². The monoisotopic (exact) mass is 402 g/mol. The van der Waals surface area contributed by atoms with Gasteiger partial charge in [0.05, 0.1) is 4.90 Å². The van der Waals surface area contributed by atoms with E-state index in [0.717, 1.165) is 15.4 Å². The second-order valence-electron chi connectivity index (χ2n) is 6.91. The van der Waals surface area contributed by atoms with Gasteiger partial charge in [0.2, 0.25) is 15.9 Å². The number of benzene rings is 2. The van der Waals surface area contributed by atoms with E-state index in [-0.39, 0.29) is 36.0 Å². The van der Waals surface area contributed by atoms with Crippen LogP contribution in [0.5, 0.6) is 0 Å². The summed E-state index contributed by atoms with van der Waals surface area (Å²) in [7, 11) is -0.674. The molecule has 0 atom stereocenters. The van der Waals surface area contributed by atoms with Crippen molar-refractivity contribution in [1.29, 1.82) is 0 Å². The van der Waals surface area contributed by atoms with E-state index >= 15 is 0 Å². The SMILES string of the molecule is Cc1ccc(C)c(C(=O)CCC(=O)NCc2ccccc2S(=O)(=O)N(C)C)c1. The Bertz CT molecular complexity index is 982. The van der Waals surface area contributed by atoms with Crippen molar-refractivity contribution in [2.45, 2.75) is 38.1 Å². The zero-order valence-corrected chi connectivity index (χ0v) is 17.5. The number of aryl methyl sites for hydroxylation is 2. The third-order valence-electron chi connectivity index (χ3n) is 4.48. The first-order valence-corrected chi connectivity index (χ1v) is 10.4. The van der Waals surface area contributed by atoms with Crippen molar-refractivity contribution in [3.63, 3.8) is 0 Å². The summed E-state index contributed by atoms with van der Waals surface area (Å²) in [6.45, 7) is 3.87. The molecule has 0 radical (unpaired) electrons. The van der Waals surface area contributed by atoms with Gasteiger partial charge >= 0.3 is 0 Å². The summed E-state index contributed by atoms with van der Waals surface area (Å²) in [4.78, 5) is 24.7. The zero-order chi connectivity index (χ0) is 20.9. The van der Waals surface area contributed by atoms with Crippen LogP contribution < -0.4 is 5.32 Å². The minimum atomic E-state index is -3.60. The average molecular weight is 403 g/mol. The normalized spacial score (nSPS) is 11.5. The van der Waals surface area contributed by atoms with Gasteiger partial charge in [0, 0.05) is 39.0 Å². The molecule has 150 valence electrons. The minimum absolute atomic E-state index is 0.0504. The van der Waals surface area contributed by atoms with Gasteiger partial charge in [-0.1, -0.05) is 35.9 Å². The Morgan fingerprint density at radius 3 is 2.36 bits per heavy atom. The standard InChI is InChI=1S/C21H26N2O4S/c1-15-9-10-16(2)18(13-15)19(24)11-12-21(25)22-14-17-7-5-6-8-20(17)28(26,27)23(3)4/h5-10,13H,11-12,14H2,1-4H3,(H,22,25). The molecule has 0 fully saturated rings. The van der Waals surface area contributed by atoms with E-state index in [9.17, 15) is 18.0 Å². The maximum absolute atomic E-state index is 12.4. The highest BCUT2D eigenvalue weighted by atomic mass is 32.2. The number of nitrogens with zero attached hydrogens (tertiary/aromatic N) is 1. The molecular weight excluding hydrogens is 376 g/mol. The first-order chi connectivity index (χ1) is 13.1. The lowest BCUT2D eigenvalue weighted by Gasteiger charge is -2.15. The van der Waals surface area contributed by atoms with Gasteiger partial charge in [-0.05, 0) is 37.1 Å². The highest BCUT2D eigenvalue weighted by molar-refractivity contribution is 7.89. The highest BCUT2D eigenvalue weighted by Crippen LogP contribution is 2.18.